The number of hydrogen-bond donors (Lipinski definition) is 2. The molecule has 0 radical (unpaired) electrons. The molecular weight excluding hydrogens is 308 g/mol. The van der Waals surface area contributed by atoms with Crippen LogP contribution in [0.2, 0.25) is 0 Å². The predicted octanol–water partition coefficient (Wildman–Crippen LogP) is 3.18. The summed E-state index contributed by atoms with van der Waals surface area (Å²) in [7, 11) is 0. The quantitative estimate of drug-likeness (QED) is 0.730. The molecule has 0 aliphatic rings. The fraction of sp³-hybridized carbons (Fsp3) is 0.235. The van der Waals surface area contributed by atoms with Crippen molar-refractivity contribution < 1.29 is 4.79 Å². The summed E-state index contributed by atoms with van der Waals surface area (Å²) in [5.74, 6) is 1.59. The van der Waals surface area contributed by atoms with Crippen molar-refractivity contribution in [2.75, 3.05) is 12.0 Å². The molecule has 1 amide bonds. The van der Waals surface area contributed by atoms with E-state index >= 15 is 0 Å². The van der Waals surface area contributed by atoms with Crippen molar-refractivity contribution in [2.45, 2.75) is 12.5 Å². The summed E-state index contributed by atoms with van der Waals surface area (Å²) in [6, 6.07) is 11.2. The molecule has 0 spiro atoms. The lowest BCUT2D eigenvalue weighted by Gasteiger charge is -2.16. The Labute approximate surface area is 138 Å². The Morgan fingerprint density at radius 1 is 1.30 bits per heavy atom. The molecule has 6 heteroatoms. The molecule has 0 bridgehead atoms. The van der Waals surface area contributed by atoms with Crippen LogP contribution in [-0.4, -0.2) is 32.9 Å². The van der Waals surface area contributed by atoms with Gasteiger partial charge < -0.3 is 10.3 Å². The number of nitrogens with zero attached hydrogens (tertiary/aromatic N) is 2. The first-order valence-corrected chi connectivity index (χ1v) is 8.82. The number of para-hydroxylation sites is 2. The first-order valence-electron chi connectivity index (χ1n) is 7.42. The highest BCUT2D eigenvalue weighted by atomic mass is 32.2. The van der Waals surface area contributed by atoms with Gasteiger partial charge in [0.05, 0.1) is 22.6 Å². The number of fused-ring (bicyclic) bond motifs is 1. The summed E-state index contributed by atoms with van der Waals surface area (Å²) < 4.78 is 0. The molecule has 1 aromatic carbocycles. The first-order chi connectivity index (χ1) is 11.3. The second kappa shape index (κ2) is 7.28. The third-order valence-corrected chi connectivity index (χ3v) is 4.22. The van der Waals surface area contributed by atoms with Gasteiger partial charge in [0.25, 0.3) is 5.91 Å². The number of carbonyl (C=O) groups excluding carboxylic acids is 1. The summed E-state index contributed by atoms with van der Waals surface area (Å²) in [6.45, 7) is 0. The van der Waals surface area contributed by atoms with Gasteiger partial charge in [0.2, 0.25) is 0 Å². The maximum absolute atomic E-state index is 12.4. The SMILES string of the molecule is CSCCC(NC(=O)c1cccnc1)c1nc2ccccc2[nH]1. The number of hydrogen-bond acceptors (Lipinski definition) is 4. The molecule has 0 saturated heterocycles. The van der Waals surface area contributed by atoms with Gasteiger partial charge in [-0.05, 0) is 42.7 Å². The van der Waals surface area contributed by atoms with Gasteiger partial charge in [0.15, 0.2) is 0 Å². The van der Waals surface area contributed by atoms with Crippen molar-refractivity contribution in [1.29, 1.82) is 0 Å². The minimum atomic E-state index is -0.150. The van der Waals surface area contributed by atoms with Gasteiger partial charge in [-0.25, -0.2) is 4.98 Å². The minimum absolute atomic E-state index is 0.135. The number of nitrogens with one attached hydrogen (secondary N) is 2. The highest BCUT2D eigenvalue weighted by molar-refractivity contribution is 7.98. The maximum Gasteiger partial charge on any atom is 0.253 e. The Morgan fingerprint density at radius 2 is 2.17 bits per heavy atom. The number of H-pyrrole nitrogens is 1. The lowest BCUT2D eigenvalue weighted by molar-refractivity contribution is 0.0934. The fourth-order valence-electron chi connectivity index (χ4n) is 2.39. The van der Waals surface area contributed by atoms with E-state index < -0.39 is 0 Å². The van der Waals surface area contributed by atoms with Crippen LogP contribution in [0.25, 0.3) is 11.0 Å². The van der Waals surface area contributed by atoms with Crippen molar-refractivity contribution in [3.05, 3.63) is 60.2 Å². The molecule has 5 nitrogen and oxygen atoms in total. The Bertz CT molecular complexity index is 754. The van der Waals surface area contributed by atoms with Gasteiger partial charge in [-0.3, -0.25) is 9.78 Å². The summed E-state index contributed by atoms with van der Waals surface area (Å²) in [5.41, 5.74) is 2.44. The summed E-state index contributed by atoms with van der Waals surface area (Å²) in [4.78, 5) is 24.3. The topological polar surface area (TPSA) is 70.7 Å². The third kappa shape index (κ3) is 3.71. The van der Waals surface area contributed by atoms with Gasteiger partial charge in [-0.15, -0.1) is 0 Å². The van der Waals surface area contributed by atoms with E-state index in [1.165, 1.54) is 0 Å². The minimum Gasteiger partial charge on any atom is -0.342 e. The number of amides is 1. The van der Waals surface area contributed by atoms with E-state index in [9.17, 15) is 4.79 Å². The van der Waals surface area contributed by atoms with E-state index in [0.717, 1.165) is 29.0 Å². The predicted molar refractivity (Wildman–Crippen MR) is 93.5 cm³/mol. The van der Waals surface area contributed by atoms with Crippen molar-refractivity contribution in [2.24, 2.45) is 0 Å². The van der Waals surface area contributed by atoms with Gasteiger partial charge in [-0.1, -0.05) is 12.1 Å². The van der Waals surface area contributed by atoms with Gasteiger partial charge >= 0.3 is 0 Å². The Balaban J connectivity index is 1.83. The summed E-state index contributed by atoms with van der Waals surface area (Å²) in [6.07, 6.45) is 6.09. The number of benzene rings is 1. The highest BCUT2D eigenvalue weighted by Crippen LogP contribution is 2.20. The van der Waals surface area contributed by atoms with Crippen LogP contribution in [0.3, 0.4) is 0 Å². The monoisotopic (exact) mass is 326 g/mol. The molecule has 0 aliphatic carbocycles. The largest absolute Gasteiger partial charge is 0.342 e. The molecule has 3 aromatic rings. The zero-order valence-electron chi connectivity index (χ0n) is 12.8. The molecule has 118 valence electrons. The number of aromatic nitrogens is 3. The van der Waals surface area contributed by atoms with E-state index in [-0.39, 0.29) is 11.9 Å². The van der Waals surface area contributed by atoms with Crippen LogP contribution in [0.15, 0.2) is 48.8 Å². The average Bonchev–Trinajstić information content (AvgIpc) is 3.03. The molecule has 2 aromatic heterocycles. The number of imidazole rings is 1. The van der Waals surface area contributed by atoms with Gasteiger partial charge in [-0.2, -0.15) is 11.8 Å². The van der Waals surface area contributed by atoms with E-state index in [0.29, 0.717) is 5.56 Å². The molecule has 1 unspecified atom stereocenters. The van der Waals surface area contributed by atoms with E-state index in [2.05, 4.69) is 26.5 Å². The third-order valence-electron chi connectivity index (χ3n) is 3.58. The smallest absolute Gasteiger partial charge is 0.253 e. The van der Waals surface area contributed by atoms with Crippen LogP contribution in [0.4, 0.5) is 0 Å². The van der Waals surface area contributed by atoms with Crippen LogP contribution in [0, 0.1) is 0 Å². The number of carbonyl (C=O) groups is 1. The molecule has 0 saturated carbocycles. The van der Waals surface area contributed by atoms with Gasteiger partial charge in [0.1, 0.15) is 5.82 Å². The first kappa shape index (κ1) is 15.6. The normalized spacial score (nSPS) is 12.2. The molecule has 0 fully saturated rings. The van der Waals surface area contributed by atoms with Crippen LogP contribution in [-0.2, 0) is 0 Å². The highest BCUT2D eigenvalue weighted by Gasteiger charge is 2.19. The number of rotatable bonds is 6. The van der Waals surface area contributed by atoms with Crippen LogP contribution >= 0.6 is 11.8 Å². The van der Waals surface area contributed by atoms with Crippen molar-refractivity contribution in [1.82, 2.24) is 20.3 Å². The van der Waals surface area contributed by atoms with Crippen molar-refractivity contribution >= 4 is 28.7 Å². The molecule has 23 heavy (non-hydrogen) atoms. The average molecular weight is 326 g/mol. The van der Waals surface area contributed by atoms with Gasteiger partial charge in [0, 0.05) is 12.4 Å². The number of pyridine rings is 1. The van der Waals surface area contributed by atoms with E-state index in [4.69, 9.17) is 0 Å². The molecule has 3 rings (SSSR count). The van der Waals surface area contributed by atoms with E-state index in [1.54, 1.807) is 36.3 Å². The zero-order chi connectivity index (χ0) is 16.1. The summed E-state index contributed by atoms with van der Waals surface area (Å²) >= 11 is 1.75. The standard InChI is InChI=1S/C17H18N4OS/c1-23-10-8-15(21-17(22)12-5-4-9-18-11-12)16-19-13-6-2-3-7-14(13)20-16/h2-7,9,11,15H,8,10H2,1H3,(H,19,20)(H,21,22). The number of thioether (sulfide) groups is 1. The lowest BCUT2D eigenvalue weighted by atomic mass is 10.2. The lowest BCUT2D eigenvalue weighted by Crippen LogP contribution is -2.29. The molecular formula is C17H18N4OS. The molecule has 2 heterocycles. The molecule has 0 aliphatic heterocycles. The zero-order valence-corrected chi connectivity index (χ0v) is 13.6. The van der Waals surface area contributed by atoms with Crippen molar-refractivity contribution in [3.8, 4) is 0 Å². The second-order valence-electron chi connectivity index (χ2n) is 5.19. The number of aromatic amines is 1. The fourth-order valence-corrected chi connectivity index (χ4v) is 2.86. The van der Waals surface area contributed by atoms with E-state index in [1.807, 2.05) is 24.3 Å². The van der Waals surface area contributed by atoms with Crippen LogP contribution in [0.1, 0.15) is 28.6 Å². The Hall–Kier alpha value is -2.34. The molecule has 2 N–H and O–H groups in total. The Morgan fingerprint density at radius 3 is 2.91 bits per heavy atom. The molecule has 1 atom stereocenters. The van der Waals surface area contributed by atoms with Crippen LogP contribution < -0.4 is 5.32 Å². The van der Waals surface area contributed by atoms with Crippen LogP contribution in [0.5, 0.6) is 0 Å². The Kier molecular flexibility index (Phi) is 4.92. The van der Waals surface area contributed by atoms with Crippen molar-refractivity contribution in [3.63, 3.8) is 0 Å². The summed E-state index contributed by atoms with van der Waals surface area (Å²) in [5, 5.41) is 3.06. The maximum atomic E-state index is 12.4. The second-order valence-corrected chi connectivity index (χ2v) is 6.17.